The van der Waals surface area contributed by atoms with Gasteiger partial charge in [0.2, 0.25) is 0 Å². The van der Waals surface area contributed by atoms with Crippen molar-refractivity contribution in [1.29, 1.82) is 0 Å². The minimum absolute atomic E-state index is 0.0193. The van der Waals surface area contributed by atoms with E-state index < -0.39 is 5.97 Å². The molecule has 0 unspecified atom stereocenters. The molecule has 1 aliphatic rings. The van der Waals surface area contributed by atoms with E-state index in [9.17, 15) is 4.79 Å². The van der Waals surface area contributed by atoms with Crippen molar-refractivity contribution in [1.82, 2.24) is 10.2 Å². The first-order chi connectivity index (χ1) is 11.6. The van der Waals surface area contributed by atoms with E-state index in [2.05, 4.69) is 45.8 Å². The van der Waals surface area contributed by atoms with Gasteiger partial charge >= 0.3 is 5.97 Å². The molecule has 5 nitrogen and oxygen atoms in total. The van der Waals surface area contributed by atoms with Crippen LogP contribution < -0.4 is 5.32 Å². The fraction of sp³-hybridized carbons (Fsp3) is 0.421. The first kappa shape index (κ1) is 16.4. The molecule has 0 radical (unpaired) electrons. The number of nitrogens with one attached hydrogen (secondary N) is 1. The number of aromatic nitrogens is 2. The molecule has 3 rings (SSSR count). The zero-order chi connectivity index (χ0) is 16.9. The van der Waals surface area contributed by atoms with Gasteiger partial charge < -0.3 is 10.4 Å². The Morgan fingerprint density at radius 3 is 2.83 bits per heavy atom. The van der Waals surface area contributed by atoms with Gasteiger partial charge in [0.25, 0.3) is 0 Å². The zero-order valence-corrected chi connectivity index (χ0v) is 13.9. The number of nitrogens with zero attached hydrogens (tertiary/aromatic N) is 2. The largest absolute Gasteiger partial charge is 0.476 e. The van der Waals surface area contributed by atoms with E-state index in [0.717, 1.165) is 12.2 Å². The summed E-state index contributed by atoms with van der Waals surface area (Å²) < 4.78 is 0. The molecular formula is C19H23N3O2. The maximum Gasteiger partial charge on any atom is 0.356 e. The van der Waals surface area contributed by atoms with Crippen molar-refractivity contribution in [2.24, 2.45) is 5.92 Å². The fourth-order valence-electron chi connectivity index (χ4n) is 3.58. The van der Waals surface area contributed by atoms with Crippen LogP contribution in [0.1, 0.15) is 53.2 Å². The molecule has 0 amide bonds. The van der Waals surface area contributed by atoms with Crippen LogP contribution in [0.25, 0.3) is 0 Å². The molecule has 0 spiro atoms. The van der Waals surface area contributed by atoms with E-state index >= 15 is 0 Å². The highest BCUT2D eigenvalue weighted by atomic mass is 16.4. The quantitative estimate of drug-likeness (QED) is 0.873. The highest BCUT2D eigenvalue weighted by Crippen LogP contribution is 2.36. The molecule has 0 aliphatic heterocycles. The fourth-order valence-corrected chi connectivity index (χ4v) is 3.58. The third-order valence-electron chi connectivity index (χ3n) is 4.94. The summed E-state index contributed by atoms with van der Waals surface area (Å²) in [5.74, 6) is 0.174. The smallest absolute Gasteiger partial charge is 0.356 e. The van der Waals surface area contributed by atoms with Crippen LogP contribution in [-0.2, 0) is 0 Å². The molecule has 0 saturated heterocycles. The van der Waals surface area contributed by atoms with Crippen LogP contribution in [0.15, 0.2) is 36.5 Å². The van der Waals surface area contributed by atoms with Gasteiger partial charge in [0.1, 0.15) is 0 Å². The topological polar surface area (TPSA) is 75.1 Å². The molecule has 126 valence electrons. The molecule has 2 N–H and O–H groups in total. The number of aromatic carboxylic acids is 1. The number of carbonyl (C=O) groups is 1. The minimum Gasteiger partial charge on any atom is -0.476 e. The van der Waals surface area contributed by atoms with Crippen molar-refractivity contribution in [3.8, 4) is 0 Å². The number of benzene rings is 1. The second-order valence-electron chi connectivity index (χ2n) is 6.56. The van der Waals surface area contributed by atoms with Gasteiger partial charge in [-0.2, -0.15) is 5.10 Å². The van der Waals surface area contributed by atoms with Gasteiger partial charge in [-0.1, -0.05) is 36.8 Å². The number of carboxylic acid groups (broad SMARTS) is 1. The maximum atomic E-state index is 11.1. The molecule has 2 aromatic rings. The average molecular weight is 325 g/mol. The lowest BCUT2D eigenvalue weighted by Gasteiger charge is -2.30. The Hall–Kier alpha value is -2.43. The van der Waals surface area contributed by atoms with Crippen LogP contribution in [0.5, 0.6) is 0 Å². The van der Waals surface area contributed by atoms with E-state index in [1.54, 1.807) is 13.1 Å². The Labute approximate surface area is 142 Å². The van der Waals surface area contributed by atoms with Crippen LogP contribution in [0.4, 0.5) is 5.69 Å². The Morgan fingerprint density at radius 1 is 1.29 bits per heavy atom. The molecule has 1 aliphatic carbocycles. The summed E-state index contributed by atoms with van der Waals surface area (Å²) in [6.07, 6.45) is 6.47. The second kappa shape index (κ2) is 7.43. The number of hydrogen-bond donors (Lipinski definition) is 2. The molecule has 1 fully saturated rings. The molecule has 1 aromatic heterocycles. The van der Waals surface area contributed by atoms with E-state index in [0.29, 0.717) is 17.4 Å². The van der Waals surface area contributed by atoms with Gasteiger partial charge in [-0.15, -0.1) is 5.10 Å². The van der Waals surface area contributed by atoms with Gasteiger partial charge in [-0.3, -0.25) is 0 Å². The Kier molecular flexibility index (Phi) is 5.08. The lowest BCUT2D eigenvalue weighted by atomic mass is 9.78. The normalized spacial score (nSPS) is 20.5. The van der Waals surface area contributed by atoms with E-state index in [-0.39, 0.29) is 5.69 Å². The number of anilines is 1. The molecule has 0 bridgehead atoms. The molecule has 24 heavy (non-hydrogen) atoms. The summed E-state index contributed by atoms with van der Waals surface area (Å²) in [6.45, 7) is 2.61. The van der Waals surface area contributed by atoms with Crippen LogP contribution in [0, 0.1) is 12.8 Å². The van der Waals surface area contributed by atoms with E-state index in [1.807, 2.05) is 0 Å². The molecule has 2 atom stereocenters. The summed E-state index contributed by atoms with van der Waals surface area (Å²) in [7, 11) is 0. The summed E-state index contributed by atoms with van der Waals surface area (Å²) in [6, 6.07) is 10.7. The van der Waals surface area contributed by atoms with Crippen molar-refractivity contribution in [2.45, 2.75) is 38.5 Å². The highest BCUT2D eigenvalue weighted by molar-refractivity contribution is 5.88. The van der Waals surface area contributed by atoms with E-state index in [4.69, 9.17) is 5.11 Å². The van der Waals surface area contributed by atoms with Crippen molar-refractivity contribution in [2.75, 3.05) is 11.9 Å². The van der Waals surface area contributed by atoms with Crippen LogP contribution in [-0.4, -0.2) is 27.8 Å². The van der Waals surface area contributed by atoms with Gasteiger partial charge in [0.15, 0.2) is 5.69 Å². The number of hydrogen-bond acceptors (Lipinski definition) is 4. The van der Waals surface area contributed by atoms with Crippen LogP contribution >= 0.6 is 0 Å². The SMILES string of the molecule is Cc1c(NC[C@H]2CCC[C@@H](c3ccccc3)C2)cnnc1C(=O)O. The Balaban J connectivity index is 1.63. The summed E-state index contributed by atoms with van der Waals surface area (Å²) in [5.41, 5.74) is 2.86. The van der Waals surface area contributed by atoms with Crippen molar-refractivity contribution in [3.05, 3.63) is 53.3 Å². The minimum atomic E-state index is -1.04. The average Bonchev–Trinajstić information content (AvgIpc) is 2.61. The van der Waals surface area contributed by atoms with Crippen molar-refractivity contribution in [3.63, 3.8) is 0 Å². The summed E-state index contributed by atoms with van der Waals surface area (Å²) >= 11 is 0. The van der Waals surface area contributed by atoms with Gasteiger partial charge in [0.05, 0.1) is 11.9 Å². The van der Waals surface area contributed by atoms with Crippen LogP contribution in [0.3, 0.4) is 0 Å². The first-order valence-electron chi connectivity index (χ1n) is 8.49. The number of rotatable bonds is 5. The van der Waals surface area contributed by atoms with Crippen molar-refractivity contribution >= 4 is 11.7 Å². The molecule has 5 heteroatoms. The molecule has 1 saturated carbocycles. The third kappa shape index (κ3) is 3.72. The lowest BCUT2D eigenvalue weighted by molar-refractivity contribution is 0.0688. The van der Waals surface area contributed by atoms with Crippen LogP contribution in [0.2, 0.25) is 0 Å². The molecule has 1 aromatic carbocycles. The predicted octanol–water partition coefficient (Wildman–Crippen LogP) is 3.87. The predicted molar refractivity (Wildman–Crippen MR) is 93.4 cm³/mol. The lowest BCUT2D eigenvalue weighted by Crippen LogP contribution is -2.22. The summed E-state index contributed by atoms with van der Waals surface area (Å²) in [4.78, 5) is 11.1. The maximum absolute atomic E-state index is 11.1. The third-order valence-corrected chi connectivity index (χ3v) is 4.94. The van der Waals surface area contributed by atoms with Gasteiger partial charge in [0, 0.05) is 12.1 Å². The molecule has 1 heterocycles. The standard InChI is InChI=1S/C19H23N3O2/c1-13-17(12-21-22-18(13)19(23)24)20-11-14-6-5-9-16(10-14)15-7-3-2-4-8-15/h2-4,7-8,12,14,16H,5-6,9-11H2,1H3,(H,20,22)(H,23,24)/t14-,16+/m0/s1. The molecular weight excluding hydrogens is 302 g/mol. The Morgan fingerprint density at radius 2 is 2.08 bits per heavy atom. The highest BCUT2D eigenvalue weighted by Gasteiger charge is 2.23. The number of carboxylic acids is 1. The van der Waals surface area contributed by atoms with Gasteiger partial charge in [-0.25, -0.2) is 4.79 Å². The van der Waals surface area contributed by atoms with Gasteiger partial charge in [-0.05, 0) is 43.6 Å². The second-order valence-corrected chi connectivity index (χ2v) is 6.56. The van der Waals surface area contributed by atoms with Crippen molar-refractivity contribution < 1.29 is 9.90 Å². The first-order valence-corrected chi connectivity index (χ1v) is 8.49. The summed E-state index contributed by atoms with van der Waals surface area (Å²) in [5, 5.41) is 20.0. The van der Waals surface area contributed by atoms with E-state index in [1.165, 1.54) is 31.2 Å². The zero-order valence-electron chi connectivity index (χ0n) is 13.9. The Bertz CT molecular complexity index is 703. The monoisotopic (exact) mass is 325 g/mol.